The Bertz CT molecular complexity index is 1430. The third-order valence-electron chi connectivity index (χ3n) is 4.68. The number of amides is 1. The number of carbonyl (C=O) groups is 1. The van der Waals surface area contributed by atoms with E-state index < -0.39 is 15.7 Å². The monoisotopic (exact) mass is 436 g/mol. The number of hydrogen-bond acceptors (Lipinski definition) is 4. The first-order valence-electron chi connectivity index (χ1n) is 9.44. The van der Waals surface area contributed by atoms with Crippen LogP contribution in [0.15, 0.2) is 70.4 Å². The van der Waals surface area contributed by atoms with Crippen molar-refractivity contribution in [2.24, 2.45) is 0 Å². The van der Waals surface area contributed by atoms with Gasteiger partial charge < -0.3 is 15.3 Å². The van der Waals surface area contributed by atoms with Crippen molar-refractivity contribution in [1.29, 1.82) is 0 Å². The van der Waals surface area contributed by atoms with Crippen LogP contribution in [0.1, 0.15) is 21.5 Å². The third kappa shape index (κ3) is 4.51. The maximum absolute atomic E-state index is 12.7. The van der Waals surface area contributed by atoms with Gasteiger partial charge in [0.15, 0.2) is 0 Å². The lowest BCUT2D eigenvalue weighted by Gasteiger charge is -2.10. The second-order valence-electron chi connectivity index (χ2n) is 7.30. The van der Waals surface area contributed by atoms with E-state index in [9.17, 15) is 18.0 Å². The van der Waals surface area contributed by atoms with Crippen molar-refractivity contribution in [1.82, 2.24) is 9.97 Å². The number of imidazole rings is 1. The summed E-state index contributed by atoms with van der Waals surface area (Å²) in [6, 6.07) is 16.2. The number of rotatable bonds is 5. The van der Waals surface area contributed by atoms with Crippen LogP contribution in [0, 0.1) is 13.8 Å². The lowest BCUT2D eigenvalue weighted by atomic mass is 10.1. The molecule has 8 nitrogen and oxygen atoms in total. The van der Waals surface area contributed by atoms with Crippen molar-refractivity contribution >= 4 is 38.3 Å². The average molecular weight is 436 g/mol. The highest BCUT2D eigenvalue weighted by Crippen LogP contribution is 2.20. The highest BCUT2D eigenvalue weighted by molar-refractivity contribution is 7.92. The quantitative estimate of drug-likeness (QED) is 0.382. The summed E-state index contributed by atoms with van der Waals surface area (Å²) in [5.74, 6) is -0.290. The van der Waals surface area contributed by atoms with Crippen molar-refractivity contribution in [3.63, 3.8) is 0 Å². The van der Waals surface area contributed by atoms with Crippen LogP contribution in [0.25, 0.3) is 11.0 Å². The third-order valence-corrected chi connectivity index (χ3v) is 6.06. The van der Waals surface area contributed by atoms with Gasteiger partial charge in [-0.1, -0.05) is 6.07 Å². The Morgan fingerprint density at radius 1 is 0.806 bits per heavy atom. The average Bonchev–Trinajstić information content (AvgIpc) is 3.06. The Morgan fingerprint density at radius 2 is 1.45 bits per heavy atom. The zero-order valence-corrected chi connectivity index (χ0v) is 17.6. The Hall–Kier alpha value is -3.85. The van der Waals surface area contributed by atoms with Gasteiger partial charge in [-0.05, 0) is 79.6 Å². The molecule has 0 spiro atoms. The Balaban J connectivity index is 1.50. The van der Waals surface area contributed by atoms with Crippen LogP contribution in [0.5, 0.6) is 0 Å². The standard InChI is InChI=1S/C22H20N4O4S/c1-13-9-14(2)11-17(10-13)23-21(27)15-3-5-16(6-4-15)26-31(29,30)18-7-8-19-20(12-18)25-22(28)24-19/h3-12,26H,1-2H3,(H,23,27)(H2,24,25,28). The van der Waals surface area contributed by atoms with E-state index in [1.807, 2.05) is 32.0 Å². The second-order valence-corrected chi connectivity index (χ2v) is 8.98. The highest BCUT2D eigenvalue weighted by atomic mass is 32.2. The summed E-state index contributed by atoms with van der Waals surface area (Å²) in [5.41, 5.74) is 4.00. The van der Waals surface area contributed by atoms with Gasteiger partial charge in [-0.2, -0.15) is 0 Å². The number of nitrogens with one attached hydrogen (secondary N) is 4. The first kappa shape index (κ1) is 20.4. The molecule has 1 amide bonds. The van der Waals surface area contributed by atoms with Crippen LogP contribution >= 0.6 is 0 Å². The number of aryl methyl sites for hydroxylation is 2. The van der Waals surface area contributed by atoms with Gasteiger partial charge in [0.2, 0.25) is 0 Å². The molecule has 1 heterocycles. The Labute approximate surface area is 178 Å². The van der Waals surface area contributed by atoms with Gasteiger partial charge in [-0.25, -0.2) is 13.2 Å². The predicted octanol–water partition coefficient (Wildman–Crippen LogP) is 3.53. The van der Waals surface area contributed by atoms with E-state index in [1.165, 1.54) is 30.3 Å². The van der Waals surface area contributed by atoms with Crippen LogP contribution in [-0.4, -0.2) is 24.3 Å². The van der Waals surface area contributed by atoms with E-state index in [-0.39, 0.29) is 10.8 Å². The minimum atomic E-state index is -3.87. The summed E-state index contributed by atoms with van der Waals surface area (Å²) in [4.78, 5) is 29.0. The van der Waals surface area contributed by atoms with Gasteiger partial charge in [0.05, 0.1) is 15.9 Å². The van der Waals surface area contributed by atoms with Gasteiger partial charge in [0, 0.05) is 16.9 Å². The summed E-state index contributed by atoms with van der Waals surface area (Å²) in [6.45, 7) is 3.91. The molecule has 0 unspecified atom stereocenters. The van der Waals surface area contributed by atoms with Crippen LogP contribution in [-0.2, 0) is 10.0 Å². The van der Waals surface area contributed by atoms with Gasteiger partial charge in [-0.3, -0.25) is 9.52 Å². The SMILES string of the molecule is Cc1cc(C)cc(NC(=O)c2ccc(NS(=O)(=O)c3ccc4[nH]c(=O)[nH]c4c3)cc2)c1. The summed E-state index contributed by atoms with van der Waals surface area (Å²) < 4.78 is 27.8. The number of aromatic nitrogens is 2. The topological polar surface area (TPSA) is 124 Å². The molecule has 4 rings (SSSR count). The molecule has 1 aromatic heterocycles. The number of sulfonamides is 1. The fourth-order valence-corrected chi connectivity index (χ4v) is 4.42. The minimum Gasteiger partial charge on any atom is -0.322 e. The highest BCUT2D eigenvalue weighted by Gasteiger charge is 2.16. The number of aromatic amines is 2. The van der Waals surface area contributed by atoms with Crippen LogP contribution in [0.2, 0.25) is 0 Å². The lowest BCUT2D eigenvalue weighted by Crippen LogP contribution is -2.14. The predicted molar refractivity (Wildman–Crippen MR) is 120 cm³/mol. The van der Waals surface area contributed by atoms with E-state index in [0.29, 0.717) is 28.0 Å². The van der Waals surface area contributed by atoms with E-state index >= 15 is 0 Å². The molecule has 0 aliphatic heterocycles. The largest absolute Gasteiger partial charge is 0.323 e. The van der Waals surface area contributed by atoms with Crippen LogP contribution in [0.3, 0.4) is 0 Å². The molecule has 3 aromatic carbocycles. The fraction of sp³-hybridized carbons (Fsp3) is 0.0909. The molecule has 0 atom stereocenters. The van der Waals surface area contributed by atoms with Gasteiger partial charge in [-0.15, -0.1) is 0 Å². The first-order chi connectivity index (χ1) is 14.7. The number of fused-ring (bicyclic) bond motifs is 1. The zero-order chi connectivity index (χ0) is 22.2. The molecule has 0 bridgehead atoms. The number of carbonyl (C=O) groups excluding carboxylic acids is 1. The van der Waals surface area contributed by atoms with Crippen molar-refractivity contribution in [3.8, 4) is 0 Å². The molecule has 9 heteroatoms. The van der Waals surface area contributed by atoms with Gasteiger partial charge in [0.25, 0.3) is 15.9 Å². The molecule has 0 aliphatic rings. The smallest absolute Gasteiger partial charge is 0.322 e. The number of anilines is 2. The second kappa shape index (κ2) is 7.77. The molecule has 4 N–H and O–H groups in total. The maximum atomic E-state index is 12.7. The normalized spacial score (nSPS) is 11.4. The summed E-state index contributed by atoms with van der Waals surface area (Å²) in [6.07, 6.45) is 0. The molecular weight excluding hydrogens is 416 g/mol. The molecule has 0 saturated heterocycles. The molecule has 0 fully saturated rings. The molecule has 4 aromatic rings. The van der Waals surface area contributed by atoms with E-state index in [4.69, 9.17) is 0 Å². The van der Waals surface area contributed by atoms with Crippen LogP contribution < -0.4 is 15.7 Å². The first-order valence-corrected chi connectivity index (χ1v) is 10.9. The maximum Gasteiger partial charge on any atom is 0.323 e. The Kier molecular flexibility index (Phi) is 5.12. The molecule has 31 heavy (non-hydrogen) atoms. The lowest BCUT2D eigenvalue weighted by molar-refractivity contribution is 0.102. The van der Waals surface area contributed by atoms with E-state index in [1.54, 1.807) is 12.1 Å². The summed E-state index contributed by atoms with van der Waals surface area (Å²) in [7, 11) is -3.87. The van der Waals surface area contributed by atoms with E-state index in [0.717, 1.165) is 11.1 Å². The molecule has 0 aliphatic carbocycles. The van der Waals surface area contributed by atoms with Gasteiger partial charge in [0.1, 0.15) is 0 Å². The zero-order valence-electron chi connectivity index (χ0n) is 16.8. The van der Waals surface area contributed by atoms with Crippen molar-refractivity contribution in [2.45, 2.75) is 18.7 Å². The summed E-state index contributed by atoms with van der Waals surface area (Å²) >= 11 is 0. The number of benzene rings is 3. The number of hydrogen-bond donors (Lipinski definition) is 4. The number of H-pyrrole nitrogens is 2. The van der Waals surface area contributed by atoms with Crippen molar-refractivity contribution in [3.05, 3.63) is 87.8 Å². The Morgan fingerprint density at radius 3 is 2.13 bits per heavy atom. The van der Waals surface area contributed by atoms with Gasteiger partial charge >= 0.3 is 5.69 Å². The molecule has 158 valence electrons. The minimum absolute atomic E-state index is 0.00638. The molecule has 0 radical (unpaired) electrons. The molecule has 0 saturated carbocycles. The van der Waals surface area contributed by atoms with Crippen LogP contribution in [0.4, 0.5) is 11.4 Å². The van der Waals surface area contributed by atoms with E-state index in [2.05, 4.69) is 20.0 Å². The van der Waals surface area contributed by atoms with Crippen molar-refractivity contribution in [2.75, 3.05) is 10.0 Å². The fourth-order valence-electron chi connectivity index (χ4n) is 3.33. The molecular formula is C22H20N4O4S. The summed E-state index contributed by atoms with van der Waals surface area (Å²) in [5, 5.41) is 2.84. The van der Waals surface area contributed by atoms with Crippen molar-refractivity contribution < 1.29 is 13.2 Å².